The monoisotopic (exact) mass is 236 g/mol. The highest BCUT2D eigenvalue weighted by molar-refractivity contribution is 5.72. The molecule has 0 spiro atoms. The van der Waals surface area contributed by atoms with Crippen molar-refractivity contribution < 1.29 is 9.21 Å². The Bertz CT molecular complexity index is 387. The van der Waals surface area contributed by atoms with Crippen molar-refractivity contribution in [3.05, 3.63) is 23.7 Å². The molecule has 0 bridgehead atoms. The minimum Gasteiger partial charge on any atom is -0.464 e. The molecular weight excluding hydrogens is 216 g/mol. The fourth-order valence-corrected chi connectivity index (χ4v) is 1.95. The van der Waals surface area contributed by atoms with Crippen LogP contribution in [0.2, 0.25) is 0 Å². The van der Waals surface area contributed by atoms with E-state index in [2.05, 4.69) is 23.6 Å². The van der Waals surface area contributed by atoms with E-state index in [1.165, 1.54) is 13.3 Å². The molecule has 0 radical (unpaired) electrons. The van der Waals surface area contributed by atoms with Crippen LogP contribution in [0.25, 0.3) is 0 Å². The topological polar surface area (TPSA) is 54.3 Å². The zero-order chi connectivity index (χ0) is 12.3. The second-order valence-corrected chi connectivity index (χ2v) is 4.78. The Morgan fingerprint density at radius 2 is 2.24 bits per heavy atom. The fraction of sp³-hybridized carbons (Fsp3) is 0.615. The second-order valence-electron chi connectivity index (χ2n) is 4.78. The van der Waals surface area contributed by atoms with Crippen LogP contribution in [-0.4, -0.2) is 19.0 Å². The van der Waals surface area contributed by atoms with Gasteiger partial charge in [-0.3, -0.25) is 4.79 Å². The number of carbonyl (C=O) groups excluding carboxylic acids is 1. The normalized spacial score (nSPS) is 22.5. The van der Waals surface area contributed by atoms with Gasteiger partial charge in [-0.2, -0.15) is 0 Å². The first-order chi connectivity index (χ1) is 8.16. The summed E-state index contributed by atoms with van der Waals surface area (Å²) in [7, 11) is 0. The highest BCUT2D eigenvalue weighted by Gasteiger charge is 2.36. The number of rotatable bonds is 6. The average Bonchev–Trinajstić information content (AvgIpc) is 2.83. The predicted octanol–water partition coefficient (Wildman–Crippen LogP) is 1.63. The third-order valence-corrected chi connectivity index (χ3v) is 3.13. The van der Waals surface area contributed by atoms with E-state index < -0.39 is 0 Å². The summed E-state index contributed by atoms with van der Waals surface area (Å²) < 4.78 is 5.76. The molecule has 1 amide bonds. The molecule has 1 aliphatic carbocycles. The van der Waals surface area contributed by atoms with E-state index in [1.807, 2.05) is 6.07 Å². The van der Waals surface area contributed by atoms with Crippen molar-refractivity contribution in [2.24, 2.45) is 5.92 Å². The molecule has 0 aromatic carbocycles. The summed E-state index contributed by atoms with van der Waals surface area (Å²) in [4.78, 5) is 10.6. The molecule has 0 saturated heterocycles. The SMILES string of the molecule is CC(=O)NCCNCc1ccc(C2CC2C)o1. The quantitative estimate of drug-likeness (QED) is 0.738. The van der Waals surface area contributed by atoms with E-state index in [4.69, 9.17) is 4.42 Å². The van der Waals surface area contributed by atoms with E-state index in [0.29, 0.717) is 12.5 Å². The summed E-state index contributed by atoms with van der Waals surface area (Å²) in [5.41, 5.74) is 0. The molecule has 2 unspecified atom stereocenters. The van der Waals surface area contributed by atoms with Gasteiger partial charge in [-0.1, -0.05) is 6.92 Å². The number of hydrogen-bond donors (Lipinski definition) is 2. The molecule has 4 heteroatoms. The molecule has 4 nitrogen and oxygen atoms in total. The Labute approximate surface area is 102 Å². The largest absolute Gasteiger partial charge is 0.464 e. The lowest BCUT2D eigenvalue weighted by Crippen LogP contribution is -2.29. The van der Waals surface area contributed by atoms with Crippen LogP contribution >= 0.6 is 0 Å². The standard InChI is InChI=1S/C13H20N2O2/c1-9-7-12(9)13-4-3-11(17-13)8-14-5-6-15-10(2)16/h3-4,9,12,14H,5-8H2,1-2H3,(H,15,16). The average molecular weight is 236 g/mol. The van der Waals surface area contributed by atoms with Crippen molar-refractivity contribution in [1.82, 2.24) is 10.6 Å². The zero-order valence-corrected chi connectivity index (χ0v) is 10.5. The Morgan fingerprint density at radius 3 is 2.88 bits per heavy atom. The lowest BCUT2D eigenvalue weighted by atomic mass is 10.3. The van der Waals surface area contributed by atoms with E-state index in [0.717, 1.165) is 30.5 Å². The van der Waals surface area contributed by atoms with E-state index in [9.17, 15) is 4.79 Å². The number of amides is 1. The number of carbonyl (C=O) groups is 1. The van der Waals surface area contributed by atoms with Gasteiger partial charge in [-0.15, -0.1) is 0 Å². The zero-order valence-electron chi connectivity index (χ0n) is 10.5. The summed E-state index contributed by atoms with van der Waals surface area (Å²) in [6, 6.07) is 4.12. The van der Waals surface area contributed by atoms with Crippen molar-refractivity contribution in [3.8, 4) is 0 Å². The van der Waals surface area contributed by atoms with Crippen molar-refractivity contribution in [2.75, 3.05) is 13.1 Å². The minimum absolute atomic E-state index is 0.00908. The Balaban J connectivity index is 1.65. The molecule has 2 atom stereocenters. The summed E-state index contributed by atoms with van der Waals surface area (Å²) in [6.45, 7) is 5.91. The number of nitrogens with one attached hydrogen (secondary N) is 2. The van der Waals surface area contributed by atoms with Gasteiger partial charge in [0.2, 0.25) is 5.91 Å². The maximum absolute atomic E-state index is 10.6. The first-order valence-corrected chi connectivity index (χ1v) is 6.20. The summed E-state index contributed by atoms with van der Waals surface area (Å²) >= 11 is 0. The molecule has 2 N–H and O–H groups in total. The Hall–Kier alpha value is -1.29. The second kappa shape index (κ2) is 5.36. The highest BCUT2D eigenvalue weighted by Crippen LogP contribution is 2.47. The molecule has 17 heavy (non-hydrogen) atoms. The lowest BCUT2D eigenvalue weighted by molar-refractivity contribution is -0.118. The third kappa shape index (κ3) is 3.60. The van der Waals surface area contributed by atoms with Crippen molar-refractivity contribution >= 4 is 5.91 Å². The van der Waals surface area contributed by atoms with Gasteiger partial charge >= 0.3 is 0 Å². The maximum Gasteiger partial charge on any atom is 0.216 e. The fourth-order valence-electron chi connectivity index (χ4n) is 1.95. The molecule has 1 aliphatic rings. The van der Waals surface area contributed by atoms with Gasteiger partial charge in [0, 0.05) is 25.9 Å². The van der Waals surface area contributed by atoms with Crippen LogP contribution in [0.4, 0.5) is 0 Å². The van der Waals surface area contributed by atoms with E-state index in [-0.39, 0.29) is 5.91 Å². The van der Waals surface area contributed by atoms with E-state index in [1.54, 1.807) is 0 Å². The van der Waals surface area contributed by atoms with Gasteiger partial charge in [-0.05, 0) is 24.5 Å². The predicted molar refractivity (Wildman–Crippen MR) is 65.6 cm³/mol. The summed E-state index contributed by atoms with van der Waals surface area (Å²) in [5, 5.41) is 5.97. The Kier molecular flexibility index (Phi) is 3.84. The van der Waals surface area contributed by atoms with Crippen LogP contribution in [0.5, 0.6) is 0 Å². The van der Waals surface area contributed by atoms with Crippen LogP contribution in [0.1, 0.15) is 37.7 Å². The van der Waals surface area contributed by atoms with Crippen LogP contribution in [0.15, 0.2) is 16.5 Å². The van der Waals surface area contributed by atoms with Gasteiger partial charge in [0.05, 0.1) is 6.54 Å². The van der Waals surface area contributed by atoms with Crippen molar-refractivity contribution in [2.45, 2.75) is 32.7 Å². The molecule has 94 valence electrons. The van der Waals surface area contributed by atoms with Gasteiger partial charge in [0.1, 0.15) is 11.5 Å². The first kappa shape index (κ1) is 12.2. The molecule has 1 saturated carbocycles. The van der Waals surface area contributed by atoms with Crippen LogP contribution in [0, 0.1) is 5.92 Å². The van der Waals surface area contributed by atoms with Crippen LogP contribution in [-0.2, 0) is 11.3 Å². The molecule has 1 heterocycles. The minimum atomic E-state index is 0.00908. The molecule has 1 fully saturated rings. The van der Waals surface area contributed by atoms with Gasteiger partial charge in [-0.25, -0.2) is 0 Å². The van der Waals surface area contributed by atoms with Crippen molar-refractivity contribution in [3.63, 3.8) is 0 Å². The first-order valence-electron chi connectivity index (χ1n) is 6.20. The molecule has 2 rings (SSSR count). The van der Waals surface area contributed by atoms with Crippen molar-refractivity contribution in [1.29, 1.82) is 0 Å². The maximum atomic E-state index is 10.6. The molecular formula is C13H20N2O2. The molecule has 1 aromatic rings. The highest BCUT2D eigenvalue weighted by atomic mass is 16.3. The summed E-state index contributed by atoms with van der Waals surface area (Å²) in [5.74, 6) is 3.53. The van der Waals surface area contributed by atoms with Gasteiger partial charge in [0.25, 0.3) is 0 Å². The van der Waals surface area contributed by atoms with Gasteiger partial charge in [0.15, 0.2) is 0 Å². The molecule has 0 aliphatic heterocycles. The smallest absolute Gasteiger partial charge is 0.216 e. The van der Waals surface area contributed by atoms with Crippen LogP contribution < -0.4 is 10.6 Å². The third-order valence-electron chi connectivity index (χ3n) is 3.13. The van der Waals surface area contributed by atoms with E-state index >= 15 is 0 Å². The number of furan rings is 1. The lowest BCUT2D eigenvalue weighted by Gasteiger charge is -2.03. The molecule has 1 aromatic heterocycles. The summed E-state index contributed by atoms with van der Waals surface area (Å²) in [6.07, 6.45) is 1.25. The Morgan fingerprint density at radius 1 is 1.47 bits per heavy atom. The van der Waals surface area contributed by atoms with Gasteiger partial charge < -0.3 is 15.1 Å². The number of hydrogen-bond acceptors (Lipinski definition) is 3. The van der Waals surface area contributed by atoms with Crippen LogP contribution in [0.3, 0.4) is 0 Å².